The lowest BCUT2D eigenvalue weighted by molar-refractivity contribution is -0.112. The zero-order valence-corrected chi connectivity index (χ0v) is 8.24. The maximum atomic E-state index is 5.58. The molecule has 0 aliphatic rings. The Hall–Kier alpha value is -0.0800. The summed E-state index contributed by atoms with van der Waals surface area (Å²) < 4.78 is 0. The molecule has 2 heteroatoms. The second kappa shape index (κ2) is 5.56. The highest BCUT2D eigenvalue weighted by Crippen LogP contribution is 2.22. The summed E-state index contributed by atoms with van der Waals surface area (Å²) in [6, 6.07) is 0. The molecule has 68 valence electrons. The van der Waals surface area contributed by atoms with Gasteiger partial charge in [-0.05, 0) is 19.3 Å². The van der Waals surface area contributed by atoms with Crippen molar-refractivity contribution in [1.29, 1.82) is 0 Å². The van der Waals surface area contributed by atoms with Gasteiger partial charge in [0.05, 0.1) is 5.60 Å². The van der Waals surface area contributed by atoms with Gasteiger partial charge >= 0.3 is 0 Å². The van der Waals surface area contributed by atoms with Crippen LogP contribution < -0.4 is 5.48 Å². The normalized spacial score (nSPS) is 12.0. The topological polar surface area (TPSA) is 21.3 Å². The van der Waals surface area contributed by atoms with Crippen molar-refractivity contribution < 1.29 is 4.84 Å². The smallest absolute Gasteiger partial charge is 0.0889 e. The van der Waals surface area contributed by atoms with Gasteiger partial charge in [-0.25, -0.2) is 5.48 Å². The predicted octanol–water partition coefficient (Wildman–Crippen LogP) is 2.50. The molecule has 0 fully saturated rings. The van der Waals surface area contributed by atoms with Crippen molar-refractivity contribution in [2.45, 2.75) is 52.6 Å². The van der Waals surface area contributed by atoms with Gasteiger partial charge in [-0.15, -0.1) is 0 Å². The minimum absolute atomic E-state index is 0.0655. The fourth-order valence-corrected chi connectivity index (χ4v) is 1.19. The summed E-state index contributed by atoms with van der Waals surface area (Å²) in [4.78, 5) is 5.58. The maximum absolute atomic E-state index is 5.58. The molecule has 0 spiro atoms. The molecule has 0 bridgehead atoms. The molecule has 0 amide bonds. The van der Waals surface area contributed by atoms with Gasteiger partial charge in [0.2, 0.25) is 0 Å². The second-order valence-electron chi connectivity index (χ2n) is 2.84. The van der Waals surface area contributed by atoms with E-state index in [1.165, 1.54) is 0 Å². The highest BCUT2D eigenvalue weighted by Gasteiger charge is 2.24. The van der Waals surface area contributed by atoms with E-state index in [4.69, 9.17) is 4.84 Å². The van der Waals surface area contributed by atoms with Gasteiger partial charge in [0.15, 0.2) is 0 Å². The Morgan fingerprint density at radius 2 is 1.45 bits per heavy atom. The molecule has 0 radical (unpaired) electrons. The SMILES string of the molecule is CCNOC(CC)(CC)CC. The Labute approximate surface area is 70.3 Å². The third-order valence-electron chi connectivity index (χ3n) is 2.37. The molecule has 0 atom stereocenters. The molecule has 0 aromatic heterocycles. The van der Waals surface area contributed by atoms with Gasteiger partial charge in [0.1, 0.15) is 0 Å². The first-order valence-corrected chi connectivity index (χ1v) is 4.65. The van der Waals surface area contributed by atoms with E-state index in [0.717, 1.165) is 25.8 Å². The Bertz CT molecular complexity index is 81.3. The molecule has 0 aliphatic heterocycles. The molecular formula is C9H21NO. The van der Waals surface area contributed by atoms with Crippen LogP contribution in [0, 0.1) is 0 Å². The van der Waals surface area contributed by atoms with Crippen molar-refractivity contribution in [1.82, 2.24) is 5.48 Å². The minimum atomic E-state index is 0.0655. The molecule has 11 heavy (non-hydrogen) atoms. The molecular weight excluding hydrogens is 138 g/mol. The molecule has 0 aliphatic carbocycles. The lowest BCUT2D eigenvalue weighted by atomic mass is 9.94. The molecule has 0 heterocycles. The van der Waals surface area contributed by atoms with Gasteiger partial charge in [0.25, 0.3) is 0 Å². The zero-order chi connectivity index (χ0) is 8.74. The summed E-state index contributed by atoms with van der Waals surface area (Å²) in [5, 5.41) is 0. The van der Waals surface area contributed by atoms with Crippen LogP contribution in [0.15, 0.2) is 0 Å². The Kier molecular flexibility index (Phi) is 5.51. The quantitative estimate of drug-likeness (QED) is 0.601. The number of hydrogen-bond acceptors (Lipinski definition) is 2. The Balaban J connectivity index is 3.84. The number of hydroxylamine groups is 1. The van der Waals surface area contributed by atoms with E-state index in [9.17, 15) is 0 Å². The number of nitrogens with one attached hydrogen (secondary N) is 1. The van der Waals surface area contributed by atoms with E-state index in [1.54, 1.807) is 0 Å². The molecule has 0 rings (SSSR count). The van der Waals surface area contributed by atoms with Crippen molar-refractivity contribution >= 4 is 0 Å². The summed E-state index contributed by atoms with van der Waals surface area (Å²) in [6.07, 6.45) is 3.23. The van der Waals surface area contributed by atoms with Gasteiger partial charge < -0.3 is 0 Å². The zero-order valence-electron chi connectivity index (χ0n) is 8.24. The van der Waals surface area contributed by atoms with Crippen LogP contribution in [0.2, 0.25) is 0 Å². The van der Waals surface area contributed by atoms with Crippen molar-refractivity contribution in [3.05, 3.63) is 0 Å². The van der Waals surface area contributed by atoms with E-state index in [1.807, 2.05) is 6.92 Å². The minimum Gasteiger partial charge on any atom is -0.295 e. The van der Waals surface area contributed by atoms with Crippen LogP contribution in [0.5, 0.6) is 0 Å². The van der Waals surface area contributed by atoms with E-state index >= 15 is 0 Å². The number of hydrogen-bond donors (Lipinski definition) is 1. The average molecular weight is 159 g/mol. The maximum Gasteiger partial charge on any atom is 0.0889 e. The summed E-state index contributed by atoms with van der Waals surface area (Å²) >= 11 is 0. The highest BCUT2D eigenvalue weighted by molar-refractivity contribution is 4.74. The van der Waals surface area contributed by atoms with Crippen molar-refractivity contribution in [2.24, 2.45) is 0 Å². The highest BCUT2D eigenvalue weighted by atomic mass is 16.7. The van der Waals surface area contributed by atoms with Crippen molar-refractivity contribution in [3.8, 4) is 0 Å². The van der Waals surface area contributed by atoms with Gasteiger partial charge in [-0.2, -0.15) is 0 Å². The monoisotopic (exact) mass is 159 g/mol. The molecule has 0 unspecified atom stereocenters. The van der Waals surface area contributed by atoms with Gasteiger partial charge in [0, 0.05) is 6.54 Å². The van der Waals surface area contributed by atoms with Crippen LogP contribution in [0.1, 0.15) is 47.0 Å². The van der Waals surface area contributed by atoms with E-state index in [2.05, 4.69) is 26.3 Å². The van der Waals surface area contributed by atoms with Crippen molar-refractivity contribution in [2.75, 3.05) is 6.54 Å². The Morgan fingerprint density at radius 1 is 1.00 bits per heavy atom. The third kappa shape index (κ3) is 3.21. The second-order valence-corrected chi connectivity index (χ2v) is 2.84. The van der Waals surface area contributed by atoms with Crippen LogP contribution in [0.25, 0.3) is 0 Å². The van der Waals surface area contributed by atoms with Gasteiger partial charge in [-0.1, -0.05) is 27.7 Å². The molecule has 2 nitrogen and oxygen atoms in total. The first kappa shape index (κ1) is 10.9. The van der Waals surface area contributed by atoms with Gasteiger partial charge in [-0.3, -0.25) is 4.84 Å². The summed E-state index contributed by atoms with van der Waals surface area (Å²) in [7, 11) is 0. The van der Waals surface area contributed by atoms with Crippen LogP contribution in [-0.2, 0) is 4.84 Å². The fourth-order valence-electron chi connectivity index (χ4n) is 1.19. The lowest BCUT2D eigenvalue weighted by Crippen LogP contribution is -2.36. The lowest BCUT2D eigenvalue weighted by Gasteiger charge is -2.29. The standard InChI is InChI=1S/C9H21NO/c1-5-9(6-2,7-3)11-10-8-4/h10H,5-8H2,1-4H3. The first-order valence-electron chi connectivity index (χ1n) is 4.65. The Morgan fingerprint density at radius 3 is 1.73 bits per heavy atom. The van der Waals surface area contributed by atoms with Crippen LogP contribution in [0.3, 0.4) is 0 Å². The third-order valence-corrected chi connectivity index (χ3v) is 2.37. The van der Waals surface area contributed by atoms with E-state index in [-0.39, 0.29) is 5.60 Å². The summed E-state index contributed by atoms with van der Waals surface area (Å²) in [5.74, 6) is 0. The molecule has 0 aromatic carbocycles. The summed E-state index contributed by atoms with van der Waals surface area (Å²) in [6.45, 7) is 9.44. The average Bonchev–Trinajstić information content (AvgIpc) is 2.08. The molecule has 0 saturated carbocycles. The van der Waals surface area contributed by atoms with E-state index < -0.39 is 0 Å². The molecule has 0 aromatic rings. The fraction of sp³-hybridized carbons (Fsp3) is 1.00. The largest absolute Gasteiger partial charge is 0.295 e. The molecule has 0 saturated heterocycles. The van der Waals surface area contributed by atoms with Crippen LogP contribution >= 0.6 is 0 Å². The summed E-state index contributed by atoms with van der Waals surface area (Å²) in [5.41, 5.74) is 3.01. The van der Waals surface area contributed by atoms with E-state index in [0.29, 0.717) is 0 Å². The van der Waals surface area contributed by atoms with Crippen LogP contribution in [0.4, 0.5) is 0 Å². The van der Waals surface area contributed by atoms with Crippen molar-refractivity contribution in [3.63, 3.8) is 0 Å². The number of rotatable bonds is 6. The predicted molar refractivity (Wildman–Crippen MR) is 48.4 cm³/mol. The molecule has 1 N–H and O–H groups in total. The first-order chi connectivity index (χ1) is 5.24. The van der Waals surface area contributed by atoms with Crippen LogP contribution in [-0.4, -0.2) is 12.1 Å².